The van der Waals surface area contributed by atoms with Crippen molar-refractivity contribution < 1.29 is 26.7 Å². The fourth-order valence-corrected chi connectivity index (χ4v) is 2.32. The molecule has 1 heterocycles. The Kier molecular flexibility index (Phi) is 4.46. The summed E-state index contributed by atoms with van der Waals surface area (Å²) < 4.78 is 66.3. The first-order valence-corrected chi connectivity index (χ1v) is 6.36. The number of amides is 1. The lowest BCUT2D eigenvalue weighted by Gasteiger charge is -2.32. The maximum absolute atomic E-state index is 13.6. The summed E-state index contributed by atoms with van der Waals surface area (Å²) in [6.45, 7) is 0.369. The van der Waals surface area contributed by atoms with Crippen molar-refractivity contribution >= 4 is 5.91 Å². The first-order valence-electron chi connectivity index (χ1n) is 6.36. The summed E-state index contributed by atoms with van der Waals surface area (Å²) in [5.74, 6) is -11.9. The highest BCUT2D eigenvalue weighted by Gasteiger charge is 2.33. The molecule has 1 aromatic rings. The minimum atomic E-state index is -2.27. The van der Waals surface area contributed by atoms with Crippen molar-refractivity contribution in [2.75, 3.05) is 20.1 Å². The predicted molar refractivity (Wildman–Crippen MR) is 64.2 cm³/mol. The zero-order valence-corrected chi connectivity index (χ0v) is 11.2. The van der Waals surface area contributed by atoms with E-state index in [2.05, 4.69) is 5.32 Å². The topological polar surface area (TPSA) is 32.3 Å². The number of halogens is 5. The molecule has 21 heavy (non-hydrogen) atoms. The van der Waals surface area contributed by atoms with Crippen molar-refractivity contribution in [3.8, 4) is 0 Å². The van der Waals surface area contributed by atoms with Crippen LogP contribution in [0.2, 0.25) is 0 Å². The minimum Gasteiger partial charge on any atom is -0.338 e. The van der Waals surface area contributed by atoms with Crippen LogP contribution in [0.25, 0.3) is 0 Å². The van der Waals surface area contributed by atoms with Gasteiger partial charge in [-0.25, -0.2) is 22.0 Å². The molecule has 0 spiro atoms. The second-order valence-electron chi connectivity index (χ2n) is 4.80. The van der Waals surface area contributed by atoms with Crippen molar-refractivity contribution in [1.82, 2.24) is 10.2 Å². The van der Waals surface area contributed by atoms with Gasteiger partial charge in [0.25, 0.3) is 5.91 Å². The van der Waals surface area contributed by atoms with Crippen molar-refractivity contribution in [2.45, 2.75) is 18.9 Å². The number of benzene rings is 1. The van der Waals surface area contributed by atoms with Crippen molar-refractivity contribution in [3.05, 3.63) is 34.6 Å². The van der Waals surface area contributed by atoms with Gasteiger partial charge in [-0.3, -0.25) is 4.79 Å². The molecule has 1 aromatic carbocycles. The lowest BCUT2D eigenvalue weighted by atomic mass is 10.0. The van der Waals surface area contributed by atoms with Gasteiger partial charge < -0.3 is 10.2 Å². The molecule has 0 aliphatic carbocycles. The number of carbonyl (C=O) groups is 1. The molecule has 1 fully saturated rings. The number of hydrogen-bond acceptors (Lipinski definition) is 2. The largest absolute Gasteiger partial charge is 0.338 e. The highest BCUT2D eigenvalue weighted by Crippen LogP contribution is 2.25. The molecule has 2 rings (SSSR count). The van der Waals surface area contributed by atoms with Gasteiger partial charge in [0.1, 0.15) is 5.56 Å². The van der Waals surface area contributed by atoms with Crippen molar-refractivity contribution in [1.29, 1.82) is 0 Å². The summed E-state index contributed by atoms with van der Waals surface area (Å²) in [6.07, 6.45) is 1.08. The quantitative estimate of drug-likeness (QED) is 0.516. The van der Waals surface area contributed by atoms with E-state index < -0.39 is 40.6 Å². The molecule has 0 aromatic heterocycles. The molecule has 1 amide bonds. The van der Waals surface area contributed by atoms with E-state index in [1.807, 2.05) is 0 Å². The van der Waals surface area contributed by atoms with E-state index in [0.717, 1.165) is 4.90 Å². The third-order valence-corrected chi connectivity index (χ3v) is 3.61. The van der Waals surface area contributed by atoms with Gasteiger partial charge in [0.15, 0.2) is 23.3 Å². The van der Waals surface area contributed by atoms with Crippen LogP contribution in [0.5, 0.6) is 0 Å². The first-order chi connectivity index (χ1) is 9.88. The average Bonchev–Trinajstić information content (AvgIpc) is 2.51. The van der Waals surface area contributed by atoms with Crippen LogP contribution in [0.1, 0.15) is 23.2 Å². The summed E-state index contributed by atoms with van der Waals surface area (Å²) >= 11 is 0. The number of likely N-dealkylation sites (tertiary alicyclic amines) is 1. The van der Waals surface area contributed by atoms with E-state index in [-0.39, 0.29) is 19.1 Å². The minimum absolute atomic E-state index is 0.158. The SMILES string of the molecule is CNC1CCN(C(=O)c2c(F)c(F)c(F)c(F)c2F)CC1. The Hall–Kier alpha value is -1.70. The first kappa shape index (κ1) is 15.7. The Morgan fingerprint density at radius 1 is 0.952 bits per heavy atom. The zero-order valence-electron chi connectivity index (χ0n) is 11.2. The molecule has 1 aliphatic heterocycles. The van der Waals surface area contributed by atoms with Gasteiger partial charge in [-0.05, 0) is 19.9 Å². The standard InChI is InChI=1S/C13H13F5N2O/c1-19-6-2-4-20(5-3-6)13(21)7-8(14)10(16)12(18)11(17)9(7)15/h6,19H,2-5H2,1H3. The lowest BCUT2D eigenvalue weighted by Crippen LogP contribution is -2.44. The van der Waals surface area contributed by atoms with E-state index in [1.165, 1.54) is 0 Å². The molecular formula is C13H13F5N2O. The smallest absolute Gasteiger partial charge is 0.260 e. The molecule has 1 aliphatic rings. The highest BCUT2D eigenvalue weighted by atomic mass is 19.2. The van der Waals surface area contributed by atoms with Gasteiger partial charge in [-0.1, -0.05) is 0 Å². The van der Waals surface area contributed by atoms with Crippen LogP contribution in [0.15, 0.2) is 0 Å². The Balaban J connectivity index is 2.32. The molecule has 116 valence electrons. The Morgan fingerprint density at radius 2 is 1.38 bits per heavy atom. The molecular weight excluding hydrogens is 295 g/mol. The molecule has 0 radical (unpaired) electrons. The van der Waals surface area contributed by atoms with Crippen LogP contribution in [0.3, 0.4) is 0 Å². The molecule has 0 unspecified atom stereocenters. The van der Waals surface area contributed by atoms with Crippen LogP contribution < -0.4 is 5.32 Å². The Labute approximate surface area is 117 Å². The van der Waals surface area contributed by atoms with Crippen molar-refractivity contribution in [3.63, 3.8) is 0 Å². The number of hydrogen-bond donors (Lipinski definition) is 1. The Morgan fingerprint density at radius 3 is 1.81 bits per heavy atom. The predicted octanol–water partition coefficient (Wildman–Crippen LogP) is 2.21. The van der Waals surface area contributed by atoms with Crippen LogP contribution in [-0.2, 0) is 0 Å². The zero-order chi connectivity index (χ0) is 15.7. The maximum Gasteiger partial charge on any atom is 0.260 e. The van der Waals surface area contributed by atoms with E-state index in [4.69, 9.17) is 0 Å². The average molecular weight is 308 g/mol. The lowest BCUT2D eigenvalue weighted by molar-refractivity contribution is 0.0694. The highest BCUT2D eigenvalue weighted by molar-refractivity contribution is 5.95. The van der Waals surface area contributed by atoms with Crippen molar-refractivity contribution in [2.24, 2.45) is 0 Å². The van der Waals surface area contributed by atoms with Gasteiger partial charge in [-0.2, -0.15) is 0 Å². The molecule has 0 bridgehead atoms. The fraction of sp³-hybridized carbons (Fsp3) is 0.462. The second kappa shape index (κ2) is 5.97. The molecule has 3 nitrogen and oxygen atoms in total. The van der Waals surface area contributed by atoms with Gasteiger partial charge in [0.2, 0.25) is 5.82 Å². The molecule has 0 atom stereocenters. The van der Waals surface area contributed by atoms with Gasteiger partial charge in [-0.15, -0.1) is 0 Å². The van der Waals surface area contributed by atoms with E-state index in [1.54, 1.807) is 7.05 Å². The molecule has 8 heteroatoms. The third kappa shape index (κ3) is 2.72. The number of rotatable bonds is 2. The van der Waals surface area contributed by atoms with Crippen LogP contribution in [0, 0.1) is 29.1 Å². The maximum atomic E-state index is 13.6. The van der Waals surface area contributed by atoms with Gasteiger partial charge in [0.05, 0.1) is 0 Å². The number of carbonyl (C=O) groups excluding carboxylic acids is 1. The summed E-state index contributed by atoms with van der Waals surface area (Å²) in [4.78, 5) is 13.1. The van der Waals surface area contributed by atoms with Crippen LogP contribution in [-0.4, -0.2) is 37.0 Å². The molecule has 1 saturated heterocycles. The third-order valence-electron chi connectivity index (χ3n) is 3.61. The van der Waals surface area contributed by atoms with E-state index >= 15 is 0 Å². The van der Waals surface area contributed by atoms with Crippen LogP contribution in [0.4, 0.5) is 22.0 Å². The van der Waals surface area contributed by atoms with Crippen LogP contribution >= 0.6 is 0 Å². The number of nitrogens with one attached hydrogen (secondary N) is 1. The number of piperidine rings is 1. The monoisotopic (exact) mass is 308 g/mol. The summed E-state index contributed by atoms with van der Waals surface area (Å²) in [6, 6.07) is 0.158. The second-order valence-corrected chi connectivity index (χ2v) is 4.80. The van der Waals surface area contributed by atoms with Gasteiger partial charge >= 0.3 is 0 Å². The molecule has 0 saturated carbocycles. The summed E-state index contributed by atoms with van der Waals surface area (Å²) in [7, 11) is 1.74. The van der Waals surface area contributed by atoms with Gasteiger partial charge in [0, 0.05) is 19.1 Å². The normalized spacial score (nSPS) is 16.4. The summed E-state index contributed by atoms with van der Waals surface area (Å²) in [5, 5.41) is 3.00. The Bertz CT molecular complexity index is 541. The number of nitrogens with zero attached hydrogens (tertiary/aromatic N) is 1. The molecule has 1 N–H and O–H groups in total. The summed E-state index contributed by atoms with van der Waals surface area (Å²) in [5.41, 5.74) is -1.39. The van der Waals surface area contributed by atoms with E-state index in [0.29, 0.717) is 12.8 Å². The van der Waals surface area contributed by atoms with E-state index in [9.17, 15) is 26.7 Å². The fourth-order valence-electron chi connectivity index (χ4n) is 2.32.